The lowest BCUT2D eigenvalue weighted by Gasteiger charge is -2.41. The summed E-state index contributed by atoms with van der Waals surface area (Å²) >= 11 is 0. The minimum atomic E-state index is 0.301. The van der Waals surface area contributed by atoms with Gasteiger partial charge in [0.2, 0.25) is 0 Å². The summed E-state index contributed by atoms with van der Waals surface area (Å²) in [6.45, 7) is 0. The third-order valence-corrected chi connectivity index (χ3v) is 9.77. The lowest BCUT2D eigenvalue weighted by molar-refractivity contribution is 0.649. The second-order valence-electron chi connectivity index (χ2n) is 12.3. The zero-order valence-corrected chi connectivity index (χ0v) is 24.5. The zero-order valence-electron chi connectivity index (χ0n) is 24.5. The maximum atomic E-state index is 2.58. The van der Waals surface area contributed by atoms with E-state index in [0.29, 0.717) is 29.7 Å². The van der Waals surface area contributed by atoms with Crippen molar-refractivity contribution in [3.63, 3.8) is 0 Å². The summed E-state index contributed by atoms with van der Waals surface area (Å²) in [5.74, 6) is 1.49. The molecule has 0 saturated carbocycles. The molecule has 3 aromatic carbocycles. The maximum absolute atomic E-state index is 2.58. The molecule has 0 amide bonds. The van der Waals surface area contributed by atoms with Gasteiger partial charge in [0.05, 0.1) is 6.04 Å². The molecule has 0 spiro atoms. The molecule has 0 N–H and O–H groups in total. The number of anilines is 1. The summed E-state index contributed by atoms with van der Waals surface area (Å²) in [6.07, 6.45) is 36.1. The van der Waals surface area contributed by atoms with Crippen LogP contribution >= 0.6 is 0 Å². The van der Waals surface area contributed by atoms with Gasteiger partial charge in [-0.25, -0.2) is 0 Å². The van der Waals surface area contributed by atoms with Crippen molar-refractivity contribution in [2.45, 2.75) is 37.1 Å². The summed E-state index contributed by atoms with van der Waals surface area (Å²) in [5, 5.41) is 0. The van der Waals surface area contributed by atoms with E-state index in [1.54, 1.807) is 5.56 Å². The van der Waals surface area contributed by atoms with E-state index in [2.05, 4.69) is 163 Å². The Kier molecular flexibility index (Phi) is 6.80. The van der Waals surface area contributed by atoms with Crippen LogP contribution in [0.5, 0.6) is 0 Å². The first-order chi connectivity index (χ1) is 21.3. The van der Waals surface area contributed by atoms with E-state index in [0.717, 1.165) is 19.3 Å². The van der Waals surface area contributed by atoms with E-state index in [-0.39, 0.29) is 0 Å². The summed E-state index contributed by atoms with van der Waals surface area (Å²) in [4.78, 5) is 2.58. The monoisotopic (exact) mass is 555 g/mol. The normalized spacial score (nSPS) is 26.3. The molecular weight excluding hydrogens is 518 g/mol. The first-order valence-corrected chi connectivity index (χ1v) is 15.9. The van der Waals surface area contributed by atoms with E-state index in [4.69, 9.17) is 0 Å². The Morgan fingerprint density at radius 1 is 0.674 bits per heavy atom. The van der Waals surface area contributed by atoms with Crippen LogP contribution < -0.4 is 4.90 Å². The molecule has 210 valence electrons. The van der Waals surface area contributed by atoms with Gasteiger partial charge in [-0.15, -0.1) is 0 Å². The molecule has 8 rings (SSSR count). The third kappa shape index (κ3) is 4.74. The molecule has 0 bridgehead atoms. The van der Waals surface area contributed by atoms with Crippen molar-refractivity contribution in [3.05, 3.63) is 180 Å². The van der Waals surface area contributed by atoms with Crippen LogP contribution in [0.15, 0.2) is 152 Å². The first-order valence-electron chi connectivity index (χ1n) is 15.9. The average molecular weight is 556 g/mol. The Morgan fingerprint density at radius 2 is 1.47 bits per heavy atom. The molecule has 5 atom stereocenters. The number of rotatable bonds is 6. The molecule has 5 aliphatic rings. The third-order valence-electron chi connectivity index (χ3n) is 9.77. The Hall–Kier alpha value is -4.62. The van der Waals surface area contributed by atoms with Crippen molar-refractivity contribution >= 4 is 23.0 Å². The van der Waals surface area contributed by atoms with Gasteiger partial charge < -0.3 is 4.90 Å². The van der Waals surface area contributed by atoms with E-state index in [1.807, 2.05) is 0 Å². The average Bonchev–Trinajstić information content (AvgIpc) is 3.09. The standard InChI is InChI=1S/C42H37N/c1-5-13-30(14-6-1)39(31-15-7-2-8-16-31)29-34-22-21-32-24-27-38-40(28-25-33-23-26-37(34)41(32)42(33)38)43(35-17-9-3-10-18-35)36-19-11-4-12-20-36/h1-15,17-19,21-24,26-29,31,33-34,36-37H,16,20,25H2/b39-29-. The molecule has 0 fully saturated rings. The largest absolute Gasteiger partial charge is 0.334 e. The van der Waals surface area contributed by atoms with Crippen LogP contribution in [-0.4, -0.2) is 6.04 Å². The smallest absolute Gasteiger partial charge is 0.0559 e. The lowest BCUT2D eigenvalue weighted by Crippen LogP contribution is -2.35. The highest BCUT2D eigenvalue weighted by atomic mass is 15.2. The fourth-order valence-corrected chi connectivity index (χ4v) is 7.77. The van der Waals surface area contributed by atoms with Crippen molar-refractivity contribution in [1.82, 2.24) is 0 Å². The number of benzene rings is 3. The Morgan fingerprint density at radius 3 is 2.23 bits per heavy atom. The Bertz CT molecular complexity index is 1760. The number of nitrogens with zero attached hydrogens (tertiary/aromatic N) is 1. The van der Waals surface area contributed by atoms with Crippen LogP contribution in [0.4, 0.5) is 5.69 Å². The fraction of sp³-hybridized carbons (Fsp3) is 0.190. The Balaban J connectivity index is 1.22. The van der Waals surface area contributed by atoms with Crippen LogP contribution in [0.2, 0.25) is 0 Å². The lowest BCUT2D eigenvalue weighted by atomic mass is 9.67. The van der Waals surface area contributed by atoms with Crippen LogP contribution in [0.25, 0.3) is 17.3 Å². The molecule has 5 aliphatic carbocycles. The molecular formula is C42H37N. The highest BCUT2D eigenvalue weighted by Gasteiger charge is 2.37. The second kappa shape index (κ2) is 11.2. The molecule has 1 nitrogen and oxygen atoms in total. The van der Waals surface area contributed by atoms with Crippen molar-refractivity contribution in [2.75, 3.05) is 4.90 Å². The van der Waals surface area contributed by atoms with Gasteiger partial charge in [-0.1, -0.05) is 146 Å². The van der Waals surface area contributed by atoms with Gasteiger partial charge in [-0.05, 0) is 59.2 Å². The van der Waals surface area contributed by atoms with Gasteiger partial charge in [0.15, 0.2) is 0 Å². The van der Waals surface area contributed by atoms with Gasteiger partial charge in [0.25, 0.3) is 0 Å². The molecule has 0 aromatic heterocycles. The number of hydrogen-bond acceptors (Lipinski definition) is 1. The molecule has 0 saturated heterocycles. The van der Waals surface area contributed by atoms with Crippen LogP contribution in [0.1, 0.15) is 58.9 Å². The van der Waals surface area contributed by atoms with Gasteiger partial charge in [-0.2, -0.15) is 0 Å². The number of hydrogen-bond donors (Lipinski definition) is 0. The van der Waals surface area contributed by atoms with Crippen molar-refractivity contribution in [3.8, 4) is 0 Å². The van der Waals surface area contributed by atoms with Gasteiger partial charge >= 0.3 is 0 Å². The molecule has 3 aromatic rings. The van der Waals surface area contributed by atoms with E-state index in [9.17, 15) is 0 Å². The number of allylic oxidation sites excluding steroid dienone is 12. The van der Waals surface area contributed by atoms with Crippen molar-refractivity contribution in [1.29, 1.82) is 0 Å². The first kappa shape index (κ1) is 26.0. The highest BCUT2D eigenvalue weighted by Crippen LogP contribution is 2.51. The van der Waals surface area contributed by atoms with Crippen LogP contribution in [-0.2, 0) is 0 Å². The molecule has 43 heavy (non-hydrogen) atoms. The van der Waals surface area contributed by atoms with E-state index >= 15 is 0 Å². The summed E-state index contributed by atoms with van der Waals surface area (Å²) in [6, 6.07) is 27.0. The van der Waals surface area contributed by atoms with Crippen LogP contribution in [0, 0.1) is 11.8 Å². The van der Waals surface area contributed by atoms with Crippen molar-refractivity contribution < 1.29 is 0 Å². The molecule has 5 unspecified atom stereocenters. The predicted molar refractivity (Wildman–Crippen MR) is 183 cm³/mol. The van der Waals surface area contributed by atoms with Gasteiger partial charge in [-0.3, -0.25) is 0 Å². The quantitative estimate of drug-likeness (QED) is 0.274. The maximum Gasteiger partial charge on any atom is 0.0559 e. The molecule has 0 heterocycles. The topological polar surface area (TPSA) is 3.24 Å². The minimum Gasteiger partial charge on any atom is -0.334 e. The van der Waals surface area contributed by atoms with E-state index in [1.165, 1.54) is 39.2 Å². The zero-order chi connectivity index (χ0) is 28.6. The SMILES string of the molecule is C1=CCC(/C(=C\C2C=Cc3ccc4c5c3C2C=CC5CC=C4N(c2ccccc2)C2C=CC=CC2)c2ccccc2)C=C1. The van der Waals surface area contributed by atoms with Gasteiger partial charge in [0, 0.05) is 40.6 Å². The van der Waals surface area contributed by atoms with Gasteiger partial charge in [0.1, 0.15) is 0 Å². The summed E-state index contributed by atoms with van der Waals surface area (Å²) in [7, 11) is 0. The Labute approximate surface area is 256 Å². The minimum absolute atomic E-state index is 0.301. The summed E-state index contributed by atoms with van der Waals surface area (Å²) < 4.78 is 0. The predicted octanol–water partition coefficient (Wildman–Crippen LogP) is 10.4. The van der Waals surface area contributed by atoms with Crippen molar-refractivity contribution in [2.24, 2.45) is 11.8 Å². The molecule has 0 aliphatic heterocycles. The highest BCUT2D eigenvalue weighted by molar-refractivity contribution is 5.86. The molecule has 0 radical (unpaired) electrons. The number of para-hydroxylation sites is 1. The van der Waals surface area contributed by atoms with E-state index < -0.39 is 0 Å². The summed E-state index contributed by atoms with van der Waals surface area (Å²) in [5.41, 5.74) is 11.2. The second-order valence-corrected chi connectivity index (χ2v) is 12.3. The molecule has 1 heteroatoms. The fourth-order valence-electron chi connectivity index (χ4n) is 7.77. The van der Waals surface area contributed by atoms with Crippen LogP contribution in [0.3, 0.4) is 0 Å².